The fourth-order valence-electron chi connectivity index (χ4n) is 2.60. The molecule has 3 heteroatoms. The molecule has 0 aliphatic heterocycles. The molecule has 0 spiro atoms. The SMILES string of the molecule is Fc1cc(CCC2CCCCC2)cc(F)c1F. The van der Waals surface area contributed by atoms with Gasteiger partial charge in [0.05, 0.1) is 0 Å². The number of benzene rings is 1. The first-order chi connectivity index (χ1) is 8.16. The molecule has 1 fully saturated rings. The molecule has 0 aromatic heterocycles. The fraction of sp³-hybridized carbons (Fsp3) is 0.571. The van der Waals surface area contributed by atoms with E-state index in [0.717, 1.165) is 18.6 Å². The normalized spacial score (nSPS) is 17.4. The van der Waals surface area contributed by atoms with E-state index < -0.39 is 17.5 Å². The predicted octanol–water partition coefficient (Wildman–Crippen LogP) is 4.62. The molecule has 1 aliphatic carbocycles. The smallest absolute Gasteiger partial charge is 0.194 e. The highest BCUT2D eigenvalue weighted by Gasteiger charge is 2.15. The Kier molecular flexibility index (Phi) is 4.08. The summed E-state index contributed by atoms with van der Waals surface area (Å²) in [5.74, 6) is -2.86. The van der Waals surface area contributed by atoms with Gasteiger partial charge >= 0.3 is 0 Å². The van der Waals surface area contributed by atoms with Crippen molar-refractivity contribution in [3.63, 3.8) is 0 Å². The summed E-state index contributed by atoms with van der Waals surface area (Å²) in [6, 6.07) is 2.22. The highest BCUT2D eigenvalue weighted by Crippen LogP contribution is 2.27. The molecule has 0 amide bonds. The molecular weight excluding hydrogens is 225 g/mol. The van der Waals surface area contributed by atoms with Crippen LogP contribution in [0.2, 0.25) is 0 Å². The van der Waals surface area contributed by atoms with Crippen molar-refractivity contribution in [2.75, 3.05) is 0 Å². The van der Waals surface area contributed by atoms with Gasteiger partial charge in [0.25, 0.3) is 0 Å². The Balaban J connectivity index is 1.94. The van der Waals surface area contributed by atoms with Gasteiger partial charge in [-0.15, -0.1) is 0 Å². The van der Waals surface area contributed by atoms with Gasteiger partial charge in [-0.1, -0.05) is 32.1 Å². The summed E-state index contributed by atoms with van der Waals surface area (Å²) in [5.41, 5.74) is 0.562. The molecule has 0 N–H and O–H groups in total. The number of hydrogen-bond donors (Lipinski definition) is 0. The Morgan fingerprint density at radius 2 is 1.53 bits per heavy atom. The Bertz CT molecular complexity index is 358. The standard InChI is InChI=1S/C14H17F3/c15-12-8-11(9-13(16)14(12)17)7-6-10-4-2-1-3-5-10/h8-10H,1-7H2. The maximum atomic E-state index is 13.0. The zero-order valence-electron chi connectivity index (χ0n) is 9.82. The maximum Gasteiger partial charge on any atom is 0.194 e. The molecule has 0 nitrogen and oxygen atoms in total. The van der Waals surface area contributed by atoms with Gasteiger partial charge in [-0.3, -0.25) is 0 Å². The lowest BCUT2D eigenvalue weighted by Crippen LogP contribution is -2.07. The van der Waals surface area contributed by atoms with E-state index in [9.17, 15) is 13.2 Å². The summed E-state index contributed by atoms with van der Waals surface area (Å²) in [4.78, 5) is 0. The minimum atomic E-state index is -1.37. The van der Waals surface area contributed by atoms with Crippen molar-refractivity contribution < 1.29 is 13.2 Å². The van der Waals surface area contributed by atoms with Crippen molar-refractivity contribution in [2.24, 2.45) is 5.92 Å². The molecule has 0 radical (unpaired) electrons. The minimum absolute atomic E-state index is 0.562. The van der Waals surface area contributed by atoms with Crippen LogP contribution in [0.15, 0.2) is 12.1 Å². The molecule has 1 aromatic carbocycles. The van der Waals surface area contributed by atoms with Gasteiger partial charge in [0.2, 0.25) is 0 Å². The molecule has 1 aliphatic rings. The van der Waals surface area contributed by atoms with Gasteiger partial charge in [-0.2, -0.15) is 0 Å². The van der Waals surface area contributed by atoms with Crippen LogP contribution in [0, 0.1) is 23.4 Å². The van der Waals surface area contributed by atoms with Gasteiger partial charge in [-0.25, -0.2) is 13.2 Å². The van der Waals surface area contributed by atoms with E-state index in [1.165, 1.54) is 32.1 Å². The molecule has 0 heterocycles. The minimum Gasteiger partial charge on any atom is -0.204 e. The number of aryl methyl sites for hydroxylation is 1. The first kappa shape index (κ1) is 12.5. The molecule has 0 saturated heterocycles. The third-order valence-electron chi connectivity index (χ3n) is 3.61. The van der Waals surface area contributed by atoms with Crippen molar-refractivity contribution in [1.29, 1.82) is 0 Å². The van der Waals surface area contributed by atoms with Gasteiger partial charge in [0.1, 0.15) is 0 Å². The van der Waals surface area contributed by atoms with Crippen LogP contribution in [0.1, 0.15) is 44.1 Å². The first-order valence-electron chi connectivity index (χ1n) is 6.30. The summed E-state index contributed by atoms with van der Waals surface area (Å²) >= 11 is 0. The largest absolute Gasteiger partial charge is 0.204 e. The number of halogens is 3. The van der Waals surface area contributed by atoms with E-state index in [4.69, 9.17) is 0 Å². The van der Waals surface area contributed by atoms with Crippen molar-refractivity contribution in [3.8, 4) is 0 Å². The number of hydrogen-bond acceptors (Lipinski definition) is 0. The zero-order valence-corrected chi connectivity index (χ0v) is 9.82. The lowest BCUT2D eigenvalue weighted by molar-refractivity contribution is 0.338. The van der Waals surface area contributed by atoms with Gasteiger partial charge in [0, 0.05) is 0 Å². The van der Waals surface area contributed by atoms with Crippen LogP contribution >= 0.6 is 0 Å². The molecule has 1 aromatic rings. The predicted molar refractivity (Wildman–Crippen MR) is 61.2 cm³/mol. The Hall–Kier alpha value is -0.990. The second-order valence-corrected chi connectivity index (χ2v) is 4.92. The summed E-state index contributed by atoms with van der Waals surface area (Å²) in [7, 11) is 0. The van der Waals surface area contributed by atoms with E-state index in [2.05, 4.69) is 0 Å². The van der Waals surface area contributed by atoms with Crippen molar-refractivity contribution >= 4 is 0 Å². The average molecular weight is 242 g/mol. The van der Waals surface area contributed by atoms with Crippen LogP contribution in [0.3, 0.4) is 0 Å². The van der Waals surface area contributed by atoms with E-state index in [-0.39, 0.29) is 0 Å². The molecular formula is C14H17F3. The maximum absolute atomic E-state index is 13.0. The summed E-state index contributed by atoms with van der Waals surface area (Å²) < 4.78 is 38.7. The Labute approximate surface area is 99.8 Å². The molecule has 2 rings (SSSR count). The van der Waals surface area contributed by atoms with Crippen LogP contribution < -0.4 is 0 Å². The topological polar surface area (TPSA) is 0 Å². The van der Waals surface area contributed by atoms with E-state index in [0.29, 0.717) is 17.9 Å². The molecule has 0 unspecified atom stereocenters. The average Bonchev–Trinajstić information content (AvgIpc) is 2.34. The van der Waals surface area contributed by atoms with E-state index in [1.807, 2.05) is 0 Å². The Morgan fingerprint density at radius 3 is 2.12 bits per heavy atom. The monoisotopic (exact) mass is 242 g/mol. The van der Waals surface area contributed by atoms with Gasteiger partial charge < -0.3 is 0 Å². The van der Waals surface area contributed by atoms with Gasteiger partial charge in [-0.05, 0) is 36.5 Å². The van der Waals surface area contributed by atoms with Crippen LogP contribution in [0.5, 0.6) is 0 Å². The summed E-state index contributed by atoms with van der Waals surface area (Å²) in [6.45, 7) is 0. The molecule has 94 valence electrons. The van der Waals surface area contributed by atoms with Crippen LogP contribution in [0.25, 0.3) is 0 Å². The van der Waals surface area contributed by atoms with E-state index >= 15 is 0 Å². The van der Waals surface area contributed by atoms with Crippen molar-refractivity contribution in [1.82, 2.24) is 0 Å². The van der Waals surface area contributed by atoms with Crippen LogP contribution in [-0.2, 0) is 6.42 Å². The molecule has 0 atom stereocenters. The second kappa shape index (κ2) is 5.56. The lowest BCUT2D eigenvalue weighted by Gasteiger charge is -2.21. The van der Waals surface area contributed by atoms with Crippen LogP contribution in [0.4, 0.5) is 13.2 Å². The van der Waals surface area contributed by atoms with Crippen LogP contribution in [-0.4, -0.2) is 0 Å². The Morgan fingerprint density at radius 1 is 0.941 bits per heavy atom. The highest BCUT2D eigenvalue weighted by molar-refractivity contribution is 5.19. The zero-order chi connectivity index (χ0) is 12.3. The highest BCUT2D eigenvalue weighted by atomic mass is 19.2. The third kappa shape index (κ3) is 3.24. The molecule has 17 heavy (non-hydrogen) atoms. The number of rotatable bonds is 3. The molecule has 1 saturated carbocycles. The first-order valence-corrected chi connectivity index (χ1v) is 6.30. The fourth-order valence-corrected chi connectivity index (χ4v) is 2.60. The summed E-state index contributed by atoms with van der Waals surface area (Å²) in [5, 5.41) is 0. The quantitative estimate of drug-likeness (QED) is 0.678. The molecule has 0 bridgehead atoms. The van der Waals surface area contributed by atoms with Crippen molar-refractivity contribution in [3.05, 3.63) is 35.1 Å². The van der Waals surface area contributed by atoms with Gasteiger partial charge in [0.15, 0.2) is 17.5 Å². The van der Waals surface area contributed by atoms with Crippen molar-refractivity contribution in [2.45, 2.75) is 44.9 Å². The summed E-state index contributed by atoms with van der Waals surface area (Å²) in [6.07, 6.45) is 7.84. The lowest BCUT2D eigenvalue weighted by atomic mass is 9.85. The second-order valence-electron chi connectivity index (χ2n) is 4.92. The third-order valence-corrected chi connectivity index (χ3v) is 3.61. The van der Waals surface area contributed by atoms with E-state index in [1.54, 1.807) is 0 Å².